The molecule has 3 rings (SSSR count). The highest BCUT2D eigenvalue weighted by Gasteiger charge is 2.22. The summed E-state index contributed by atoms with van der Waals surface area (Å²) in [5.41, 5.74) is 1.07. The van der Waals surface area contributed by atoms with Gasteiger partial charge >= 0.3 is 6.03 Å². The SMILES string of the molecule is COCCn1c(SCC(=O)NC(=O)NCCC(C)C)nc2sc3c(c2c1=O)CCCC3. The standard InChI is InChI=1S/C21H30N4O4S2/c1-13(2)8-9-22-20(28)23-16(26)12-30-21-24-18-17(19(27)25(21)10-11-29-3)14-6-4-5-7-15(14)31-18/h13H,4-12H2,1-3H3,(H2,22,23,26,28). The van der Waals surface area contributed by atoms with E-state index in [1.54, 1.807) is 23.0 Å². The molecule has 0 aliphatic heterocycles. The van der Waals surface area contributed by atoms with Crippen LogP contribution in [0.1, 0.15) is 43.6 Å². The monoisotopic (exact) mass is 466 g/mol. The van der Waals surface area contributed by atoms with Crippen molar-refractivity contribution in [3.05, 3.63) is 20.8 Å². The number of fused-ring (bicyclic) bond motifs is 3. The number of thioether (sulfide) groups is 1. The summed E-state index contributed by atoms with van der Waals surface area (Å²) in [6.07, 6.45) is 4.98. The molecule has 0 atom stereocenters. The van der Waals surface area contributed by atoms with Crippen molar-refractivity contribution in [1.82, 2.24) is 20.2 Å². The van der Waals surface area contributed by atoms with E-state index >= 15 is 0 Å². The quantitative estimate of drug-likeness (QED) is 0.435. The first-order chi connectivity index (χ1) is 14.9. The molecule has 0 fully saturated rings. The molecule has 2 aromatic rings. The lowest BCUT2D eigenvalue weighted by molar-refractivity contribution is -0.117. The number of thiophene rings is 1. The molecule has 2 heterocycles. The van der Waals surface area contributed by atoms with Crippen molar-refractivity contribution in [2.45, 2.75) is 57.7 Å². The van der Waals surface area contributed by atoms with Crippen LogP contribution in [-0.4, -0.2) is 47.5 Å². The van der Waals surface area contributed by atoms with Gasteiger partial charge in [-0.1, -0.05) is 25.6 Å². The Morgan fingerprint density at radius 3 is 2.81 bits per heavy atom. The summed E-state index contributed by atoms with van der Waals surface area (Å²) in [5, 5.41) is 6.20. The van der Waals surface area contributed by atoms with Crippen LogP contribution in [-0.2, 0) is 28.9 Å². The summed E-state index contributed by atoms with van der Waals surface area (Å²) in [7, 11) is 1.58. The molecule has 2 aromatic heterocycles. The van der Waals surface area contributed by atoms with E-state index in [1.807, 2.05) is 0 Å². The largest absolute Gasteiger partial charge is 0.383 e. The van der Waals surface area contributed by atoms with E-state index in [9.17, 15) is 14.4 Å². The first-order valence-corrected chi connectivity index (χ1v) is 12.5. The summed E-state index contributed by atoms with van der Waals surface area (Å²) >= 11 is 2.75. The number of ether oxygens (including phenoxy) is 1. The van der Waals surface area contributed by atoms with Gasteiger partial charge in [0, 0.05) is 18.5 Å². The number of carbonyl (C=O) groups is 2. The second-order valence-corrected chi connectivity index (χ2v) is 10.0. The van der Waals surface area contributed by atoms with Crippen molar-refractivity contribution in [2.24, 2.45) is 5.92 Å². The van der Waals surface area contributed by atoms with E-state index in [4.69, 9.17) is 9.72 Å². The maximum Gasteiger partial charge on any atom is 0.321 e. The molecule has 3 amide bonds. The molecular weight excluding hydrogens is 436 g/mol. The molecule has 0 spiro atoms. The second kappa shape index (κ2) is 11.1. The van der Waals surface area contributed by atoms with Gasteiger partial charge in [0.05, 0.1) is 24.3 Å². The number of carbonyl (C=O) groups excluding carboxylic acids is 2. The normalized spacial score (nSPS) is 13.4. The van der Waals surface area contributed by atoms with Gasteiger partial charge < -0.3 is 10.1 Å². The smallest absolute Gasteiger partial charge is 0.321 e. The van der Waals surface area contributed by atoms with E-state index in [2.05, 4.69) is 24.5 Å². The Morgan fingerprint density at radius 1 is 1.29 bits per heavy atom. The van der Waals surface area contributed by atoms with E-state index in [0.717, 1.165) is 54.3 Å². The fourth-order valence-electron chi connectivity index (χ4n) is 3.52. The summed E-state index contributed by atoms with van der Waals surface area (Å²) in [4.78, 5) is 44.1. The Hall–Kier alpha value is -1.91. The summed E-state index contributed by atoms with van der Waals surface area (Å²) in [5.74, 6) is 0.0395. The molecule has 0 saturated carbocycles. The molecule has 0 aromatic carbocycles. The van der Waals surface area contributed by atoms with Crippen LogP contribution in [0, 0.1) is 5.92 Å². The number of methoxy groups -OCH3 is 1. The van der Waals surface area contributed by atoms with Gasteiger partial charge in [0.15, 0.2) is 5.16 Å². The number of imide groups is 1. The highest BCUT2D eigenvalue weighted by atomic mass is 32.2. The van der Waals surface area contributed by atoms with Crippen molar-refractivity contribution in [2.75, 3.05) is 26.0 Å². The predicted octanol–water partition coefficient (Wildman–Crippen LogP) is 2.95. The Kier molecular flexibility index (Phi) is 8.50. The van der Waals surface area contributed by atoms with Crippen molar-refractivity contribution < 1.29 is 14.3 Å². The van der Waals surface area contributed by atoms with Crippen LogP contribution < -0.4 is 16.2 Å². The molecule has 8 nitrogen and oxygen atoms in total. The third-order valence-electron chi connectivity index (χ3n) is 5.15. The maximum absolute atomic E-state index is 13.3. The van der Waals surface area contributed by atoms with Crippen LogP contribution in [0.3, 0.4) is 0 Å². The summed E-state index contributed by atoms with van der Waals surface area (Å²) < 4.78 is 6.76. The molecule has 10 heteroatoms. The molecule has 0 saturated heterocycles. The van der Waals surface area contributed by atoms with Gasteiger partial charge in [0.2, 0.25) is 5.91 Å². The second-order valence-electron chi connectivity index (χ2n) is 8.01. The van der Waals surface area contributed by atoms with Gasteiger partial charge in [-0.2, -0.15) is 0 Å². The third-order valence-corrected chi connectivity index (χ3v) is 7.31. The first kappa shape index (κ1) is 23.7. The van der Waals surface area contributed by atoms with Gasteiger partial charge in [-0.25, -0.2) is 9.78 Å². The number of hydrogen-bond acceptors (Lipinski definition) is 7. The number of nitrogens with one attached hydrogen (secondary N) is 2. The lowest BCUT2D eigenvalue weighted by Gasteiger charge is -2.13. The molecule has 0 radical (unpaired) electrons. The average Bonchev–Trinajstić information content (AvgIpc) is 3.10. The molecule has 31 heavy (non-hydrogen) atoms. The van der Waals surface area contributed by atoms with Crippen LogP contribution in [0.15, 0.2) is 9.95 Å². The molecule has 0 unspecified atom stereocenters. The predicted molar refractivity (Wildman–Crippen MR) is 124 cm³/mol. The highest BCUT2D eigenvalue weighted by molar-refractivity contribution is 7.99. The molecule has 0 bridgehead atoms. The Labute approximate surface area is 190 Å². The molecule has 1 aliphatic rings. The van der Waals surface area contributed by atoms with Crippen LogP contribution in [0.2, 0.25) is 0 Å². The van der Waals surface area contributed by atoms with E-state index in [-0.39, 0.29) is 11.3 Å². The lowest BCUT2D eigenvalue weighted by Crippen LogP contribution is -2.41. The van der Waals surface area contributed by atoms with Crippen LogP contribution in [0.25, 0.3) is 10.2 Å². The summed E-state index contributed by atoms with van der Waals surface area (Å²) in [6.45, 7) is 5.39. The highest BCUT2D eigenvalue weighted by Crippen LogP contribution is 2.34. The van der Waals surface area contributed by atoms with E-state index in [1.165, 1.54) is 4.88 Å². The lowest BCUT2D eigenvalue weighted by atomic mass is 9.97. The van der Waals surface area contributed by atoms with E-state index < -0.39 is 11.9 Å². The Morgan fingerprint density at radius 2 is 2.06 bits per heavy atom. The van der Waals surface area contributed by atoms with Crippen LogP contribution >= 0.6 is 23.1 Å². The average molecular weight is 467 g/mol. The number of urea groups is 1. The van der Waals surface area contributed by atoms with Gasteiger partial charge in [0.1, 0.15) is 4.83 Å². The van der Waals surface area contributed by atoms with Gasteiger partial charge in [-0.05, 0) is 43.6 Å². The minimum atomic E-state index is -0.502. The topological polar surface area (TPSA) is 102 Å². The molecule has 1 aliphatic carbocycles. The third kappa shape index (κ3) is 6.08. The zero-order valence-electron chi connectivity index (χ0n) is 18.3. The van der Waals surface area contributed by atoms with Gasteiger partial charge in [-0.3, -0.25) is 19.5 Å². The number of amides is 3. The van der Waals surface area contributed by atoms with Crippen molar-refractivity contribution >= 4 is 45.3 Å². The maximum atomic E-state index is 13.3. The van der Waals surface area contributed by atoms with Crippen molar-refractivity contribution in [3.8, 4) is 0 Å². The first-order valence-electron chi connectivity index (χ1n) is 10.6. The van der Waals surface area contributed by atoms with Gasteiger partial charge in [0.25, 0.3) is 5.56 Å². The number of aromatic nitrogens is 2. The number of nitrogens with zero attached hydrogens (tertiary/aromatic N) is 2. The van der Waals surface area contributed by atoms with Crippen molar-refractivity contribution in [1.29, 1.82) is 0 Å². The van der Waals surface area contributed by atoms with Crippen LogP contribution in [0.5, 0.6) is 0 Å². The summed E-state index contributed by atoms with van der Waals surface area (Å²) in [6, 6.07) is -0.502. The van der Waals surface area contributed by atoms with Crippen LogP contribution in [0.4, 0.5) is 4.79 Å². The number of hydrogen-bond donors (Lipinski definition) is 2. The minimum absolute atomic E-state index is 0.00633. The number of rotatable bonds is 9. The zero-order chi connectivity index (χ0) is 22.4. The minimum Gasteiger partial charge on any atom is -0.383 e. The fourth-order valence-corrected chi connectivity index (χ4v) is 5.65. The molecule has 2 N–H and O–H groups in total. The van der Waals surface area contributed by atoms with E-state index in [0.29, 0.717) is 36.2 Å². The number of aryl methyl sites for hydroxylation is 2. The van der Waals surface area contributed by atoms with Gasteiger partial charge in [-0.15, -0.1) is 11.3 Å². The Bertz CT molecular complexity index is 999. The molecule has 170 valence electrons. The molecular formula is C21H30N4O4S2. The van der Waals surface area contributed by atoms with Crippen molar-refractivity contribution in [3.63, 3.8) is 0 Å². The fraction of sp³-hybridized carbons (Fsp3) is 0.619. The zero-order valence-corrected chi connectivity index (χ0v) is 19.9. The Balaban J connectivity index is 1.74.